The van der Waals surface area contributed by atoms with E-state index in [0.717, 1.165) is 66.5 Å². The number of aromatic nitrogens is 1. The van der Waals surface area contributed by atoms with Crippen molar-refractivity contribution in [2.24, 2.45) is 23.3 Å². The van der Waals surface area contributed by atoms with Gasteiger partial charge in [-0.1, -0.05) is 85.9 Å². The number of aliphatic hydroxyl groups is 1. The molecule has 2 aliphatic rings. The number of hydrogen-bond donors (Lipinski definition) is 6. The van der Waals surface area contributed by atoms with Gasteiger partial charge in [-0.3, -0.25) is 9.59 Å². The summed E-state index contributed by atoms with van der Waals surface area (Å²) in [7, 11) is 0. The van der Waals surface area contributed by atoms with E-state index < -0.39 is 12.1 Å². The number of phenols is 2. The Balaban J connectivity index is 0.924. The predicted molar refractivity (Wildman–Crippen MR) is 243 cm³/mol. The lowest BCUT2D eigenvalue weighted by Gasteiger charge is -2.22. The van der Waals surface area contributed by atoms with Crippen molar-refractivity contribution in [1.29, 1.82) is 0 Å². The van der Waals surface area contributed by atoms with Crippen LogP contribution in [0.5, 0.6) is 17.2 Å². The number of carbonyl (C=O) groups is 2. The average Bonchev–Trinajstić information content (AvgIpc) is 3.66. The first-order chi connectivity index (χ1) is 30.1. The second-order valence-electron chi connectivity index (χ2n) is 17.1. The number of aliphatic hydroxyl groups excluding tert-OH is 1. The average molecular weight is 834 g/mol. The minimum atomic E-state index is -0.691. The van der Waals surface area contributed by atoms with E-state index in [0.29, 0.717) is 60.0 Å². The van der Waals surface area contributed by atoms with E-state index in [4.69, 9.17) is 16.2 Å². The molecule has 0 unspecified atom stereocenters. The number of Topliss-reactive ketones (excluding diaryl/α,β-unsaturated/α-hetero) is 1. The van der Waals surface area contributed by atoms with Crippen LogP contribution in [-0.4, -0.2) is 45.1 Å². The molecule has 0 saturated carbocycles. The highest BCUT2D eigenvalue weighted by atomic mass is 16.5. The van der Waals surface area contributed by atoms with Crippen LogP contribution in [0, 0.1) is 23.7 Å². The summed E-state index contributed by atoms with van der Waals surface area (Å²) in [6.45, 7) is 2.79. The third kappa shape index (κ3) is 10.9. The molecule has 2 aliphatic carbocycles. The van der Waals surface area contributed by atoms with Gasteiger partial charge in [0, 0.05) is 66.3 Å². The molecular weight excluding hydrogens is 775 g/mol. The quantitative estimate of drug-likeness (QED) is 0.0188. The molecule has 7 rings (SSSR count). The number of phenolic OH excluding ortho intramolecular Hbond substituents is 2. The lowest BCUT2D eigenvalue weighted by Crippen LogP contribution is -2.20. The first-order valence-corrected chi connectivity index (χ1v) is 22.1. The van der Waals surface area contributed by atoms with Gasteiger partial charge in [0.15, 0.2) is 23.1 Å². The molecule has 9 nitrogen and oxygen atoms in total. The number of ether oxygens (including phenoxy) is 1. The third-order valence-electron chi connectivity index (χ3n) is 12.9. The molecule has 9 heteroatoms. The Kier molecular flexibility index (Phi) is 14.8. The van der Waals surface area contributed by atoms with E-state index in [1.807, 2.05) is 42.5 Å². The smallest absolute Gasteiger partial charge is 0.165 e. The summed E-state index contributed by atoms with van der Waals surface area (Å²) in [5, 5.41) is 31.9. The Morgan fingerprint density at radius 3 is 2.55 bits per heavy atom. The zero-order valence-electron chi connectivity index (χ0n) is 35.6. The summed E-state index contributed by atoms with van der Waals surface area (Å²) < 4.78 is 6.08. The molecule has 5 aromatic rings. The molecule has 4 atom stereocenters. The molecule has 0 bridgehead atoms. The first kappa shape index (κ1) is 44.1. The molecule has 0 fully saturated rings. The summed E-state index contributed by atoms with van der Waals surface area (Å²) in [4.78, 5) is 29.7. The van der Waals surface area contributed by atoms with Crippen LogP contribution in [0.15, 0.2) is 103 Å². The fourth-order valence-corrected chi connectivity index (χ4v) is 9.17. The zero-order chi connectivity index (χ0) is 43.6. The van der Waals surface area contributed by atoms with Gasteiger partial charge in [0.05, 0.1) is 19.2 Å². The maximum Gasteiger partial charge on any atom is 0.165 e. The summed E-state index contributed by atoms with van der Waals surface area (Å²) in [6.07, 6.45) is 12.8. The van der Waals surface area contributed by atoms with Gasteiger partial charge in [-0.25, -0.2) is 0 Å². The molecule has 0 saturated heterocycles. The SMILES string of the molecule is C[C@H](CCC/C=C/C(=O)CCc1ccc(O)c(OCCc2ccc(O)c([C@H]3CC(=O)c4cc[nH]c4CC#Cc4cc(C(N)N)ccc43)c2)c1)[C@@H]1CC[C@H](CO)c2ccccc2C1. The van der Waals surface area contributed by atoms with Gasteiger partial charge in [0.1, 0.15) is 5.75 Å². The summed E-state index contributed by atoms with van der Waals surface area (Å²) >= 11 is 0. The number of nitrogens with two attached hydrogens (primary N) is 2. The summed E-state index contributed by atoms with van der Waals surface area (Å²) in [6, 6.07) is 26.5. The van der Waals surface area contributed by atoms with Gasteiger partial charge in [0.25, 0.3) is 0 Å². The number of hydrogen-bond acceptors (Lipinski definition) is 8. The number of benzene rings is 4. The Morgan fingerprint density at radius 2 is 1.73 bits per heavy atom. The third-order valence-corrected chi connectivity index (χ3v) is 12.9. The topological polar surface area (TPSA) is 172 Å². The molecule has 1 heterocycles. The Bertz CT molecular complexity index is 2450. The molecule has 0 amide bonds. The molecule has 1 aromatic heterocycles. The summed E-state index contributed by atoms with van der Waals surface area (Å²) in [5.41, 5.74) is 20.6. The van der Waals surface area contributed by atoms with Crippen molar-refractivity contribution in [3.8, 4) is 29.1 Å². The van der Waals surface area contributed by atoms with Crippen molar-refractivity contribution in [1.82, 2.24) is 4.98 Å². The highest BCUT2D eigenvalue weighted by Crippen LogP contribution is 2.39. The number of aromatic hydroxyl groups is 2. The number of aromatic amines is 1. The number of rotatable bonds is 16. The van der Waals surface area contributed by atoms with E-state index in [-0.39, 0.29) is 48.6 Å². The predicted octanol–water partition coefficient (Wildman–Crippen LogP) is 8.87. The second-order valence-corrected chi connectivity index (χ2v) is 17.1. The zero-order valence-corrected chi connectivity index (χ0v) is 35.6. The monoisotopic (exact) mass is 833 g/mol. The van der Waals surface area contributed by atoms with Gasteiger partial charge in [-0.15, -0.1) is 0 Å². The van der Waals surface area contributed by atoms with Crippen molar-refractivity contribution in [3.63, 3.8) is 0 Å². The molecule has 8 N–H and O–H groups in total. The van der Waals surface area contributed by atoms with E-state index in [9.17, 15) is 24.9 Å². The van der Waals surface area contributed by atoms with E-state index >= 15 is 0 Å². The van der Waals surface area contributed by atoms with Crippen LogP contribution in [0.4, 0.5) is 0 Å². The van der Waals surface area contributed by atoms with E-state index in [1.54, 1.807) is 36.5 Å². The number of carbonyl (C=O) groups excluding carboxylic acids is 2. The fourth-order valence-electron chi connectivity index (χ4n) is 9.17. The number of ketones is 2. The van der Waals surface area contributed by atoms with Crippen molar-refractivity contribution >= 4 is 11.6 Å². The largest absolute Gasteiger partial charge is 0.508 e. The van der Waals surface area contributed by atoms with Crippen LogP contribution in [0.25, 0.3) is 0 Å². The Labute approximate surface area is 365 Å². The first-order valence-electron chi connectivity index (χ1n) is 22.1. The van der Waals surface area contributed by atoms with Gasteiger partial charge in [-0.2, -0.15) is 0 Å². The van der Waals surface area contributed by atoms with Gasteiger partial charge in [-0.05, 0) is 120 Å². The minimum absolute atomic E-state index is 0.0142. The fraction of sp³-hybridized carbons (Fsp3) is 0.358. The number of H-pyrrole nitrogens is 1. The number of allylic oxidation sites excluding steroid dienone is 2. The van der Waals surface area contributed by atoms with Crippen molar-refractivity contribution in [3.05, 3.63) is 159 Å². The van der Waals surface area contributed by atoms with E-state index in [1.165, 1.54) is 11.1 Å². The highest BCUT2D eigenvalue weighted by molar-refractivity contribution is 5.98. The van der Waals surface area contributed by atoms with Crippen molar-refractivity contribution in [2.75, 3.05) is 13.2 Å². The molecule has 62 heavy (non-hydrogen) atoms. The molecule has 0 aliphatic heterocycles. The molecular formula is C53H59N3O6. The van der Waals surface area contributed by atoms with Crippen LogP contribution in [-0.2, 0) is 30.5 Å². The minimum Gasteiger partial charge on any atom is -0.508 e. The number of fused-ring (bicyclic) bond motifs is 3. The molecule has 0 radical (unpaired) electrons. The maximum absolute atomic E-state index is 13.7. The Hall–Kier alpha value is -5.92. The second kappa shape index (κ2) is 20.8. The van der Waals surface area contributed by atoms with Crippen LogP contribution in [0.2, 0.25) is 0 Å². The van der Waals surface area contributed by atoms with Crippen LogP contribution >= 0.6 is 0 Å². The Morgan fingerprint density at radius 1 is 0.919 bits per heavy atom. The maximum atomic E-state index is 13.7. The van der Waals surface area contributed by atoms with Crippen LogP contribution in [0.1, 0.15) is 130 Å². The number of nitrogens with one attached hydrogen (secondary N) is 1. The van der Waals surface area contributed by atoms with Crippen molar-refractivity contribution in [2.45, 2.75) is 95.6 Å². The highest BCUT2D eigenvalue weighted by Gasteiger charge is 2.28. The lowest BCUT2D eigenvalue weighted by atomic mass is 9.81. The van der Waals surface area contributed by atoms with Gasteiger partial charge in [0.2, 0.25) is 0 Å². The van der Waals surface area contributed by atoms with E-state index in [2.05, 4.69) is 48.0 Å². The van der Waals surface area contributed by atoms with Crippen LogP contribution in [0.3, 0.4) is 0 Å². The van der Waals surface area contributed by atoms with Crippen LogP contribution < -0.4 is 16.2 Å². The van der Waals surface area contributed by atoms with Gasteiger partial charge >= 0.3 is 0 Å². The molecule has 0 spiro atoms. The van der Waals surface area contributed by atoms with Gasteiger partial charge < -0.3 is 36.5 Å². The standard InChI is InChI=1S/C53H59N3O6/c1-34(37-17-18-41(33-57)43-12-6-5-9-38(43)30-37)8-3-2-4-11-42(58)20-14-35-16-23-50(60)52(29-35)62-27-25-36-15-22-49(59)47(28-36)46-32-51(61)45-24-26-56-48(45)13-7-10-39-31-40(53(54)55)19-21-44(39)46/h4-6,9,11-12,15-16,19,21-24,26,28-29,31,34,37,41,46,53,56-57,59-60H,2-3,8,13-14,17-18,20,25,27,30,32-33,54-55H2,1H3/b11-4+/t34-,37-,41-,46+/m1/s1. The summed E-state index contributed by atoms with van der Waals surface area (Å²) in [5.74, 6) is 7.79. The molecule has 322 valence electrons. The molecule has 4 aromatic carbocycles. The normalized spacial score (nSPS) is 18.0. The van der Waals surface area contributed by atoms with Crippen molar-refractivity contribution < 1.29 is 29.6 Å². The number of unbranched alkanes of at least 4 members (excludes halogenated alkanes) is 1. The number of aryl methyl sites for hydroxylation is 1. The lowest BCUT2D eigenvalue weighted by molar-refractivity contribution is -0.114.